The van der Waals surface area contributed by atoms with E-state index in [9.17, 15) is 19.2 Å². The van der Waals surface area contributed by atoms with E-state index < -0.39 is 0 Å². The Morgan fingerprint density at radius 1 is 0.500 bits per heavy atom. The monoisotopic (exact) mass is 341 g/mol. The zero-order valence-electron chi connectivity index (χ0n) is 13.6. The van der Waals surface area contributed by atoms with Crippen molar-refractivity contribution in [1.82, 2.24) is 16.0 Å². The Hall–Kier alpha value is -1.92. The van der Waals surface area contributed by atoms with Gasteiger partial charge in [-0.05, 0) is 25.7 Å². The molecule has 1 aliphatic carbocycles. The Kier molecular flexibility index (Phi) is 12.4. The van der Waals surface area contributed by atoms with Crippen LogP contribution in [0.5, 0.6) is 0 Å². The SMILES string of the molecule is C.O=C1CCCC1.O=C1CCCN1.O=C1CCCN1.O=C1CCN1. The van der Waals surface area contributed by atoms with Crippen LogP contribution in [0, 0.1) is 0 Å². The third-order valence-electron chi connectivity index (χ3n) is 3.64. The van der Waals surface area contributed by atoms with E-state index in [1.54, 1.807) is 0 Å². The highest BCUT2D eigenvalue weighted by Gasteiger charge is 2.08. The summed E-state index contributed by atoms with van der Waals surface area (Å²) in [5.41, 5.74) is 0. The van der Waals surface area contributed by atoms with Gasteiger partial charge in [-0.25, -0.2) is 0 Å². The van der Waals surface area contributed by atoms with Crippen LogP contribution in [-0.2, 0) is 19.2 Å². The van der Waals surface area contributed by atoms with Gasteiger partial charge in [0.05, 0.1) is 0 Å². The second-order valence-electron chi connectivity index (χ2n) is 5.75. The lowest BCUT2D eigenvalue weighted by atomic mass is 10.3. The first-order valence-corrected chi connectivity index (χ1v) is 8.39. The van der Waals surface area contributed by atoms with Gasteiger partial charge in [-0.2, -0.15) is 0 Å². The van der Waals surface area contributed by atoms with Gasteiger partial charge >= 0.3 is 0 Å². The van der Waals surface area contributed by atoms with Gasteiger partial charge in [0.15, 0.2) is 0 Å². The summed E-state index contributed by atoms with van der Waals surface area (Å²) in [5, 5.41) is 7.93. The first-order chi connectivity index (χ1) is 11.1. The van der Waals surface area contributed by atoms with E-state index in [2.05, 4.69) is 16.0 Å². The molecule has 0 spiro atoms. The summed E-state index contributed by atoms with van der Waals surface area (Å²) in [6.07, 6.45) is 8.23. The van der Waals surface area contributed by atoms with Crippen LogP contribution in [0.15, 0.2) is 0 Å². The Balaban J connectivity index is 0.000000291. The van der Waals surface area contributed by atoms with Crippen molar-refractivity contribution in [3.8, 4) is 0 Å². The third kappa shape index (κ3) is 11.6. The molecule has 0 aromatic carbocycles. The maximum atomic E-state index is 10.2. The van der Waals surface area contributed by atoms with Gasteiger partial charge in [-0.15, -0.1) is 0 Å². The minimum Gasteiger partial charge on any atom is -0.356 e. The van der Waals surface area contributed by atoms with Gasteiger partial charge in [0.1, 0.15) is 5.78 Å². The molecule has 7 heteroatoms. The van der Waals surface area contributed by atoms with Crippen LogP contribution in [0.1, 0.15) is 65.2 Å². The molecule has 138 valence electrons. The fourth-order valence-electron chi connectivity index (χ4n) is 2.13. The lowest BCUT2D eigenvalue weighted by Gasteiger charge is -2.10. The lowest BCUT2D eigenvalue weighted by molar-refractivity contribution is -0.125. The number of carbonyl (C=O) groups excluding carboxylic acids is 4. The zero-order chi connectivity index (χ0) is 16.9. The number of amides is 3. The highest BCUT2D eigenvalue weighted by molar-refractivity contribution is 5.81. The molecule has 0 aromatic heterocycles. The normalized spacial score (nSPS) is 20.3. The number of β-lactam (4-membered cyclic amide) rings is 1. The van der Waals surface area contributed by atoms with Crippen LogP contribution >= 0.6 is 0 Å². The van der Waals surface area contributed by atoms with Gasteiger partial charge in [0.25, 0.3) is 0 Å². The molecule has 0 radical (unpaired) electrons. The second-order valence-corrected chi connectivity index (χ2v) is 5.75. The summed E-state index contributed by atoms with van der Waals surface area (Å²) < 4.78 is 0. The van der Waals surface area contributed by atoms with E-state index in [1.807, 2.05) is 0 Å². The second kappa shape index (κ2) is 13.5. The minimum absolute atomic E-state index is 0. The standard InChI is InChI=1S/C5H8O.2C4H7NO.C3H5NO.CH4/c6-5-3-1-2-4-5;2*6-4-2-1-3-5-4;5-3-1-2-4-3;/h1-4H2;2*1-3H2,(H,5,6);1-2H2,(H,4,5);1H4. The van der Waals surface area contributed by atoms with Crippen molar-refractivity contribution < 1.29 is 19.2 Å². The number of hydrogen-bond acceptors (Lipinski definition) is 4. The maximum absolute atomic E-state index is 10.2. The Morgan fingerprint density at radius 3 is 0.958 bits per heavy atom. The minimum atomic E-state index is 0. The molecule has 0 atom stereocenters. The van der Waals surface area contributed by atoms with Crippen molar-refractivity contribution in [1.29, 1.82) is 0 Å². The Morgan fingerprint density at radius 2 is 0.875 bits per heavy atom. The molecule has 3 aliphatic heterocycles. The number of hydrogen-bond donors (Lipinski definition) is 3. The first kappa shape index (κ1) is 22.1. The van der Waals surface area contributed by atoms with Gasteiger partial charge in [0, 0.05) is 51.7 Å². The van der Waals surface area contributed by atoms with Gasteiger partial charge in [-0.3, -0.25) is 19.2 Å². The summed E-state index contributed by atoms with van der Waals surface area (Å²) >= 11 is 0. The van der Waals surface area contributed by atoms with Crippen LogP contribution in [0.3, 0.4) is 0 Å². The fourth-order valence-corrected chi connectivity index (χ4v) is 2.13. The molecule has 3 saturated heterocycles. The number of rotatable bonds is 0. The topological polar surface area (TPSA) is 104 Å². The van der Waals surface area contributed by atoms with Gasteiger partial charge < -0.3 is 16.0 Å². The molecule has 0 bridgehead atoms. The molecule has 3 N–H and O–H groups in total. The zero-order valence-corrected chi connectivity index (χ0v) is 13.6. The molecule has 0 unspecified atom stereocenters. The molecular formula is C17H31N3O4. The molecule has 3 amide bonds. The molecular weight excluding hydrogens is 310 g/mol. The van der Waals surface area contributed by atoms with E-state index in [0.717, 1.165) is 77.4 Å². The molecule has 4 aliphatic rings. The summed E-state index contributed by atoms with van der Waals surface area (Å²) in [6, 6.07) is 0. The molecule has 4 rings (SSSR count). The highest BCUT2D eigenvalue weighted by atomic mass is 16.2. The molecule has 1 saturated carbocycles. The van der Waals surface area contributed by atoms with Gasteiger partial charge in [0.2, 0.25) is 17.7 Å². The highest BCUT2D eigenvalue weighted by Crippen LogP contribution is 2.11. The van der Waals surface area contributed by atoms with Crippen LogP contribution in [0.2, 0.25) is 0 Å². The average molecular weight is 341 g/mol. The predicted molar refractivity (Wildman–Crippen MR) is 92.3 cm³/mol. The Labute approximate surface area is 144 Å². The maximum Gasteiger partial charge on any atom is 0.221 e. The van der Waals surface area contributed by atoms with Crippen LogP contribution in [0.25, 0.3) is 0 Å². The largest absolute Gasteiger partial charge is 0.356 e. The Bertz CT molecular complexity index is 347. The van der Waals surface area contributed by atoms with Gasteiger partial charge in [-0.1, -0.05) is 7.43 Å². The summed E-state index contributed by atoms with van der Waals surface area (Å²) in [7, 11) is 0. The summed E-state index contributed by atoms with van der Waals surface area (Å²) in [5.74, 6) is 1.05. The van der Waals surface area contributed by atoms with E-state index in [1.165, 1.54) is 0 Å². The van der Waals surface area contributed by atoms with Crippen LogP contribution < -0.4 is 16.0 Å². The quantitative estimate of drug-likeness (QED) is 0.573. The number of nitrogens with one attached hydrogen (secondary N) is 3. The van der Waals surface area contributed by atoms with E-state index >= 15 is 0 Å². The summed E-state index contributed by atoms with van der Waals surface area (Å²) in [4.78, 5) is 40.3. The third-order valence-corrected chi connectivity index (χ3v) is 3.64. The predicted octanol–water partition coefficient (Wildman–Crippen LogP) is 1.06. The lowest BCUT2D eigenvalue weighted by Crippen LogP contribution is -2.37. The van der Waals surface area contributed by atoms with Crippen LogP contribution in [-0.4, -0.2) is 43.1 Å². The van der Waals surface area contributed by atoms with Crippen molar-refractivity contribution in [3.05, 3.63) is 0 Å². The number of ketones is 1. The first-order valence-electron chi connectivity index (χ1n) is 8.39. The average Bonchev–Trinajstić information content (AvgIpc) is 3.24. The van der Waals surface area contributed by atoms with Crippen molar-refractivity contribution in [2.24, 2.45) is 0 Å². The van der Waals surface area contributed by atoms with Crippen molar-refractivity contribution in [2.45, 2.75) is 65.2 Å². The van der Waals surface area contributed by atoms with E-state index in [4.69, 9.17) is 0 Å². The number of Topliss-reactive ketones (excluding diaryl/α,β-unsaturated/α-hetero) is 1. The van der Waals surface area contributed by atoms with E-state index in [0.29, 0.717) is 5.78 Å². The van der Waals surface area contributed by atoms with E-state index in [-0.39, 0.29) is 25.1 Å². The molecule has 4 fully saturated rings. The molecule has 0 aromatic rings. The van der Waals surface area contributed by atoms with Crippen molar-refractivity contribution in [2.75, 3.05) is 19.6 Å². The fraction of sp³-hybridized carbons (Fsp3) is 0.765. The molecule has 7 nitrogen and oxygen atoms in total. The van der Waals surface area contributed by atoms with Crippen LogP contribution in [0.4, 0.5) is 0 Å². The van der Waals surface area contributed by atoms with Crippen molar-refractivity contribution >= 4 is 23.5 Å². The van der Waals surface area contributed by atoms with Crippen molar-refractivity contribution in [3.63, 3.8) is 0 Å². The number of carbonyl (C=O) groups is 4. The molecule has 3 heterocycles. The summed E-state index contributed by atoms with van der Waals surface area (Å²) in [6.45, 7) is 2.66. The molecule has 24 heavy (non-hydrogen) atoms. The smallest absolute Gasteiger partial charge is 0.221 e.